The maximum atomic E-state index is 12.3. The van der Waals surface area contributed by atoms with E-state index in [4.69, 9.17) is 9.47 Å². The minimum Gasteiger partial charge on any atom is -0.497 e. The molecule has 0 amide bonds. The van der Waals surface area contributed by atoms with Crippen LogP contribution in [0.15, 0.2) is 47.3 Å². The van der Waals surface area contributed by atoms with Crippen LogP contribution in [-0.2, 0) is 6.54 Å². The summed E-state index contributed by atoms with van der Waals surface area (Å²) in [6.45, 7) is 2.78. The van der Waals surface area contributed by atoms with Gasteiger partial charge in [-0.05, 0) is 31.2 Å². The number of H-pyrrole nitrogens is 1. The van der Waals surface area contributed by atoms with E-state index in [1.807, 2.05) is 36.4 Å². The summed E-state index contributed by atoms with van der Waals surface area (Å²) in [4.78, 5) is 21.1. The molecule has 1 aromatic heterocycles. The molecular formula is C20H24N3O3+. The Bertz CT molecular complexity index is 968. The third-order valence-electron chi connectivity index (χ3n) is 4.74. The molecule has 1 heterocycles. The zero-order valence-electron chi connectivity index (χ0n) is 15.5. The van der Waals surface area contributed by atoms with Gasteiger partial charge in [0.15, 0.2) is 5.82 Å². The lowest BCUT2D eigenvalue weighted by Gasteiger charge is -2.22. The molecule has 1 unspecified atom stereocenters. The van der Waals surface area contributed by atoms with E-state index in [1.54, 1.807) is 20.3 Å². The summed E-state index contributed by atoms with van der Waals surface area (Å²) >= 11 is 0. The number of quaternary nitrogens is 1. The van der Waals surface area contributed by atoms with Crippen molar-refractivity contribution >= 4 is 10.9 Å². The van der Waals surface area contributed by atoms with Crippen molar-refractivity contribution in [2.75, 3.05) is 21.3 Å². The molecule has 2 N–H and O–H groups in total. The molecule has 6 nitrogen and oxygen atoms in total. The number of benzene rings is 2. The molecule has 0 aliphatic heterocycles. The molecule has 0 saturated heterocycles. The summed E-state index contributed by atoms with van der Waals surface area (Å²) in [5, 5.41) is 0.609. The molecule has 0 radical (unpaired) electrons. The number of hydrogen-bond acceptors (Lipinski definition) is 4. The maximum Gasteiger partial charge on any atom is 0.258 e. The first-order valence-corrected chi connectivity index (χ1v) is 8.55. The van der Waals surface area contributed by atoms with E-state index < -0.39 is 0 Å². The fourth-order valence-corrected chi connectivity index (χ4v) is 2.99. The van der Waals surface area contributed by atoms with Gasteiger partial charge in [-0.25, -0.2) is 4.98 Å². The van der Waals surface area contributed by atoms with E-state index in [1.165, 1.54) is 4.90 Å². The van der Waals surface area contributed by atoms with Gasteiger partial charge in [-0.3, -0.25) is 4.79 Å². The third kappa shape index (κ3) is 3.55. The quantitative estimate of drug-likeness (QED) is 0.707. The molecule has 0 aliphatic carbocycles. The highest BCUT2D eigenvalue weighted by atomic mass is 16.5. The van der Waals surface area contributed by atoms with Crippen LogP contribution in [0.2, 0.25) is 0 Å². The Balaban J connectivity index is 1.86. The fraction of sp³-hybridized carbons (Fsp3) is 0.300. The van der Waals surface area contributed by atoms with Crippen LogP contribution in [0, 0.1) is 0 Å². The van der Waals surface area contributed by atoms with Gasteiger partial charge < -0.3 is 19.4 Å². The number of fused-ring (bicyclic) bond motifs is 1. The van der Waals surface area contributed by atoms with E-state index >= 15 is 0 Å². The zero-order valence-corrected chi connectivity index (χ0v) is 15.5. The van der Waals surface area contributed by atoms with E-state index in [-0.39, 0.29) is 11.6 Å². The second-order valence-corrected chi connectivity index (χ2v) is 6.39. The van der Waals surface area contributed by atoms with Gasteiger partial charge in [0, 0.05) is 11.6 Å². The lowest BCUT2D eigenvalue weighted by atomic mass is 10.1. The third-order valence-corrected chi connectivity index (χ3v) is 4.74. The van der Waals surface area contributed by atoms with Gasteiger partial charge in [0.25, 0.3) is 5.56 Å². The topological polar surface area (TPSA) is 68.7 Å². The number of aromatic amines is 1. The first kappa shape index (κ1) is 17.9. The lowest BCUT2D eigenvalue weighted by molar-refractivity contribution is -0.924. The number of hydrogen-bond donors (Lipinski definition) is 2. The Kier molecular flexibility index (Phi) is 5.23. The Morgan fingerprint density at radius 3 is 2.65 bits per heavy atom. The minimum absolute atomic E-state index is 0.0131. The van der Waals surface area contributed by atoms with Gasteiger partial charge in [0.2, 0.25) is 0 Å². The van der Waals surface area contributed by atoms with Crippen LogP contribution in [0.4, 0.5) is 0 Å². The van der Waals surface area contributed by atoms with Crippen LogP contribution in [0.5, 0.6) is 11.5 Å². The second-order valence-electron chi connectivity index (χ2n) is 6.39. The highest BCUT2D eigenvalue weighted by Gasteiger charge is 2.21. The molecule has 2 aromatic carbocycles. The first-order chi connectivity index (χ1) is 12.5. The first-order valence-electron chi connectivity index (χ1n) is 8.55. The Hall–Kier alpha value is -2.86. The van der Waals surface area contributed by atoms with Crippen LogP contribution in [0.3, 0.4) is 0 Å². The number of nitrogens with zero attached hydrogens (tertiary/aromatic N) is 1. The molecule has 0 fully saturated rings. The van der Waals surface area contributed by atoms with Gasteiger partial charge in [-0.2, -0.15) is 0 Å². The number of methoxy groups -OCH3 is 2. The summed E-state index contributed by atoms with van der Waals surface area (Å²) in [5.74, 6) is 2.23. The van der Waals surface area contributed by atoms with E-state index in [2.05, 4.69) is 23.9 Å². The van der Waals surface area contributed by atoms with Crippen molar-refractivity contribution in [1.82, 2.24) is 9.97 Å². The smallest absolute Gasteiger partial charge is 0.258 e. The van der Waals surface area contributed by atoms with Crippen LogP contribution >= 0.6 is 0 Å². The van der Waals surface area contributed by atoms with Gasteiger partial charge in [-0.1, -0.05) is 12.1 Å². The molecule has 2 atom stereocenters. The fourth-order valence-electron chi connectivity index (χ4n) is 2.99. The van der Waals surface area contributed by atoms with Crippen molar-refractivity contribution in [3.05, 3.63) is 64.2 Å². The van der Waals surface area contributed by atoms with Gasteiger partial charge in [0.1, 0.15) is 24.1 Å². The van der Waals surface area contributed by atoms with E-state index in [9.17, 15) is 4.79 Å². The number of rotatable bonds is 6. The second kappa shape index (κ2) is 7.58. The number of ether oxygens (including phenoxy) is 2. The summed E-state index contributed by atoms with van der Waals surface area (Å²) < 4.78 is 10.7. The molecular weight excluding hydrogens is 330 g/mol. The molecule has 0 saturated carbocycles. The van der Waals surface area contributed by atoms with Crippen LogP contribution in [-0.4, -0.2) is 31.2 Å². The lowest BCUT2D eigenvalue weighted by Crippen LogP contribution is -3.07. The molecule has 0 spiro atoms. The van der Waals surface area contributed by atoms with Crippen LogP contribution < -0.4 is 19.9 Å². The van der Waals surface area contributed by atoms with Crippen molar-refractivity contribution in [2.45, 2.75) is 19.5 Å². The van der Waals surface area contributed by atoms with Crippen molar-refractivity contribution in [3.63, 3.8) is 0 Å². The van der Waals surface area contributed by atoms with Crippen molar-refractivity contribution in [2.24, 2.45) is 0 Å². The number of para-hydroxylation sites is 1. The standard InChI is InChI=1S/C20H23N3O3/c1-13(19-21-17-8-6-5-7-16(17)20(24)22-19)23(2)12-14-9-10-15(25-3)11-18(14)26-4/h5-11,13H,12H2,1-4H3,(H,21,22,24)/p+1/t13-/m0/s1. The Morgan fingerprint density at radius 2 is 1.92 bits per heavy atom. The Morgan fingerprint density at radius 1 is 1.15 bits per heavy atom. The maximum absolute atomic E-state index is 12.3. The van der Waals surface area contributed by atoms with Crippen molar-refractivity contribution in [1.29, 1.82) is 0 Å². The molecule has 3 rings (SSSR count). The molecule has 0 bridgehead atoms. The van der Waals surface area contributed by atoms with Crippen LogP contribution in [0.25, 0.3) is 10.9 Å². The van der Waals surface area contributed by atoms with E-state index in [0.29, 0.717) is 16.7 Å². The predicted octanol–water partition coefficient (Wildman–Crippen LogP) is 1.72. The van der Waals surface area contributed by atoms with Crippen molar-refractivity contribution < 1.29 is 14.4 Å². The largest absolute Gasteiger partial charge is 0.497 e. The average molecular weight is 354 g/mol. The highest BCUT2D eigenvalue weighted by molar-refractivity contribution is 5.77. The van der Waals surface area contributed by atoms with Gasteiger partial charge in [0.05, 0.1) is 32.2 Å². The molecule has 3 aromatic rings. The summed E-state index contributed by atoms with van der Waals surface area (Å²) in [5.41, 5.74) is 1.68. The summed E-state index contributed by atoms with van der Waals surface area (Å²) in [6.07, 6.45) is 0. The van der Waals surface area contributed by atoms with Crippen molar-refractivity contribution in [3.8, 4) is 11.5 Å². The zero-order chi connectivity index (χ0) is 18.7. The molecule has 136 valence electrons. The minimum atomic E-state index is -0.104. The molecule has 6 heteroatoms. The normalized spacial score (nSPS) is 13.4. The van der Waals surface area contributed by atoms with Gasteiger partial charge in [-0.15, -0.1) is 0 Å². The molecule has 0 aliphatic rings. The monoisotopic (exact) mass is 354 g/mol. The predicted molar refractivity (Wildman–Crippen MR) is 101 cm³/mol. The number of nitrogens with one attached hydrogen (secondary N) is 2. The highest BCUT2D eigenvalue weighted by Crippen LogP contribution is 2.24. The molecule has 26 heavy (non-hydrogen) atoms. The Labute approximate surface area is 152 Å². The summed E-state index contributed by atoms with van der Waals surface area (Å²) in [7, 11) is 5.36. The van der Waals surface area contributed by atoms with Gasteiger partial charge >= 0.3 is 0 Å². The number of aromatic nitrogens is 2. The average Bonchev–Trinajstić information content (AvgIpc) is 2.67. The van der Waals surface area contributed by atoms with E-state index in [0.717, 1.165) is 23.6 Å². The summed E-state index contributed by atoms with van der Waals surface area (Å²) in [6, 6.07) is 13.2. The van der Waals surface area contributed by atoms with Crippen LogP contribution in [0.1, 0.15) is 24.4 Å². The SMILES string of the molecule is COc1ccc(C[NH+](C)[C@@H](C)c2nc3ccccc3c(=O)[nH]2)c(OC)c1.